The number of ether oxygens (including phenoxy) is 1. The number of carbonyl (C=O) groups is 1. The van der Waals surface area contributed by atoms with Crippen LogP contribution in [-0.2, 0) is 16.1 Å². The molecule has 3 nitrogen and oxygen atoms in total. The summed E-state index contributed by atoms with van der Waals surface area (Å²) < 4.78 is 5.03. The summed E-state index contributed by atoms with van der Waals surface area (Å²) in [5.74, 6) is 0.437. The summed E-state index contributed by atoms with van der Waals surface area (Å²) in [7, 11) is 1.51. The lowest BCUT2D eigenvalue weighted by molar-refractivity contribution is -0.157. The molecular weight excluding hydrogens is 238 g/mol. The molecule has 1 saturated carbocycles. The Hall–Kier alpha value is -1.35. The van der Waals surface area contributed by atoms with Gasteiger partial charge in [-0.2, -0.15) is 0 Å². The van der Waals surface area contributed by atoms with Crippen molar-refractivity contribution in [3.8, 4) is 0 Å². The molecule has 1 aromatic rings. The lowest BCUT2D eigenvalue weighted by atomic mass is 9.74. The topological polar surface area (TPSA) is 29.5 Å². The molecule has 2 saturated heterocycles. The van der Waals surface area contributed by atoms with E-state index in [0.29, 0.717) is 12.0 Å². The number of rotatable bonds is 3. The van der Waals surface area contributed by atoms with Gasteiger partial charge >= 0.3 is 5.97 Å². The Morgan fingerprint density at radius 3 is 2.53 bits per heavy atom. The maximum absolute atomic E-state index is 12.1. The van der Waals surface area contributed by atoms with Gasteiger partial charge in [0.25, 0.3) is 0 Å². The zero-order chi connectivity index (χ0) is 13.2. The molecule has 19 heavy (non-hydrogen) atoms. The van der Waals surface area contributed by atoms with Crippen LogP contribution in [0.3, 0.4) is 0 Å². The van der Waals surface area contributed by atoms with Gasteiger partial charge in [-0.1, -0.05) is 30.3 Å². The number of hydrogen-bond acceptors (Lipinski definition) is 3. The summed E-state index contributed by atoms with van der Waals surface area (Å²) in [5.41, 5.74) is 1.28. The molecule has 102 valence electrons. The summed E-state index contributed by atoms with van der Waals surface area (Å²) in [5, 5.41) is 0. The lowest BCUT2D eigenvalue weighted by Crippen LogP contribution is -2.58. The Bertz CT molecular complexity index is 437. The van der Waals surface area contributed by atoms with E-state index in [4.69, 9.17) is 4.74 Å². The molecule has 1 aliphatic carbocycles. The first-order valence-corrected chi connectivity index (χ1v) is 7.17. The second kappa shape index (κ2) is 5.33. The molecular formula is C16H21NO2. The van der Waals surface area contributed by atoms with Crippen molar-refractivity contribution in [1.82, 2.24) is 4.90 Å². The van der Waals surface area contributed by atoms with Crippen LogP contribution in [-0.4, -0.2) is 30.1 Å². The Labute approximate surface area is 114 Å². The molecule has 1 atom stereocenters. The highest BCUT2D eigenvalue weighted by molar-refractivity contribution is 5.76. The van der Waals surface area contributed by atoms with Crippen molar-refractivity contribution in [2.45, 2.75) is 44.3 Å². The average Bonchev–Trinajstić information content (AvgIpc) is 2.49. The number of hydrogen-bond donors (Lipinski definition) is 0. The molecule has 0 aromatic heterocycles. The second-order valence-corrected chi connectivity index (χ2v) is 5.69. The van der Waals surface area contributed by atoms with E-state index in [2.05, 4.69) is 29.2 Å². The van der Waals surface area contributed by atoms with Gasteiger partial charge in [0.2, 0.25) is 0 Å². The van der Waals surface area contributed by atoms with Crippen molar-refractivity contribution in [3.05, 3.63) is 35.9 Å². The molecule has 3 heteroatoms. The van der Waals surface area contributed by atoms with Gasteiger partial charge in [0, 0.05) is 12.6 Å². The predicted octanol–water partition coefficient (Wildman–Crippen LogP) is 2.60. The fourth-order valence-electron chi connectivity index (χ4n) is 3.72. The van der Waals surface area contributed by atoms with Gasteiger partial charge in [-0.05, 0) is 37.2 Å². The summed E-state index contributed by atoms with van der Waals surface area (Å²) in [6.45, 7) is 0.863. The fraction of sp³-hybridized carbons (Fsp3) is 0.562. The second-order valence-electron chi connectivity index (χ2n) is 5.69. The highest BCUT2D eigenvalue weighted by atomic mass is 16.5. The largest absolute Gasteiger partial charge is 0.468 e. The summed E-state index contributed by atoms with van der Waals surface area (Å²) in [6, 6.07) is 10.9. The molecule has 3 aliphatic rings. The van der Waals surface area contributed by atoms with Crippen molar-refractivity contribution < 1.29 is 9.53 Å². The Morgan fingerprint density at radius 2 is 1.89 bits per heavy atom. The zero-order valence-electron chi connectivity index (χ0n) is 11.4. The van der Waals surface area contributed by atoms with E-state index in [9.17, 15) is 4.79 Å². The molecule has 2 aliphatic heterocycles. The lowest BCUT2D eigenvalue weighted by Gasteiger charge is -2.50. The van der Waals surface area contributed by atoms with E-state index in [-0.39, 0.29) is 12.0 Å². The number of methoxy groups -OCH3 is 1. The molecule has 0 radical (unpaired) electrons. The van der Waals surface area contributed by atoms with E-state index < -0.39 is 0 Å². The van der Waals surface area contributed by atoms with Crippen molar-refractivity contribution in [1.29, 1.82) is 0 Å². The molecule has 0 N–H and O–H groups in total. The third-order valence-corrected chi connectivity index (χ3v) is 4.66. The number of nitrogens with zero attached hydrogens (tertiary/aromatic N) is 1. The molecule has 1 aromatic carbocycles. The first-order valence-electron chi connectivity index (χ1n) is 7.17. The first kappa shape index (κ1) is 12.7. The van der Waals surface area contributed by atoms with E-state index in [1.807, 2.05) is 6.07 Å². The fourth-order valence-corrected chi connectivity index (χ4v) is 3.72. The monoisotopic (exact) mass is 259 g/mol. The van der Waals surface area contributed by atoms with Crippen LogP contribution in [0.1, 0.15) is 31.2 Å². The van der Waals surface area contributed by atoms with Gasteiger partial charge in [0.15, 0.2) is 0 Å². The molecule has 2 bridgehead atoms. The zero-order valence-corrected chi connectivity index (χ0v) is 11.4. The van der Waals surface area contributed by atoms with Crippen LogP contribution in [0.4, 0.5) is 0 Å². The van der Waals surface area contributed by atoms with Gasteiger partial charge in [0.05, 0.1) is 7.11 Å². The van der Waals surface area contributed by atoms with Gasteiger partial charge < -0.3 is 4.74 Å². The number of fused-ring (bicyclic) bond motifs is 3. The highest BCUT2D eigenvalue weighted by Crippen LogP contribution is 2.40. The third kappa shape index (κ3) is 2.39. The number of esters is 1. The Balaban J connectivity index is 1.82. The Kier molecular flexibility index (Phi) is 3.56. The van der Waals surface area contributed by atoms with Crippen LogP contribution in [0.25, 0.3) is 0 Å². The molecule has 3 fully saturated rings. The normalized spacial score (nSPS) is 30.3. The Morgan fingerprint density at radius 1 is 1.21 bits per heavy atom. The van der Waals surface area contributed by atoms with Crippen LogP contribution >= 0.6 is 0 Å². The summed E-state index contributed by atoms with van der Waals surface area (Å²) in [4.78, 5) is 14.5. The summed E-state index contributed by atoms with van der Waals surface area (Å²) >= 11 is 0. The van der Waals surface area contributed by atoms with Crippen molar-refractivity contribution in [3.63, 3.8) is 0 Å². The molecule has 2 heterocycles. The number of carbonyl (C=O) groups excluding carboxylic acids is 1. The van der Waals surface area contributed by atoms with Crippen LogP contribution in [0.2, 0.25) is 0 Å². The maximum atomic E-state index is 12.1. The van der Waals surface area contributed by atoms with E-state index >= 15 is 0 Å². The molecule has 4 rings (SSSR count). The minimum Gasteiger partial charge on any atom is -0.468 e. The quantitative estimate of drug-likeness (QED) is 0.781. The standard InChI is InChI=1S/C16H21NO2/c1-19-16(18)15-13-7-9-14(10-8-13)17(15)11-12-5-3-2-4-6-12/h2-6,13-15H,7-11H2,1H3. The van der Waals surface area contributed by atoms with Crippen LogP contribution < -0.4 is 0 Å². The van der Waals surface area contributed by atoms with Crippen molar-refractivity contribution in [2.24, 2.45) is 5.92 Å². The minimum absolute atomic E-state index is 0.0299. The number of piperidine rings is 2. The first-order chi connectivity index (χ1) is 9.29. The van der Waals surface area contributed by atoms with Gasteiger partial charge in [-0.3, -0.25) is 9.69 Å². The minimum atomic E-state index is -0.0506. The number of benzene rings is 1. The van der Waals surface area contributed by atoms with Crippen LogP contribution in [0.5, 0.6) is 0 Å². The van der Waals surface area contributed by atoms with Crippen molar-refractivity contribution >= 4 is 5.97 Å². The SMILES string of the molecule is COC(=O)C1C2CCC(CC2)N1Cc1ccccc1. The molecule has 1 unspecified atom stereocenters. The summed E-state index contributed by atoms with van der Waals surface area (Å²) in [6.07, 6.45) is 4.81. The third-order valence-electron chi connectivity index (χ3n) is 4.66. The van der Waals surface area contributed by atoms with Crippen LogP contribution in [0.15, 0.2) is 30.3 Å². The van der Waals surface area contributed by atoms with Gasteiger partial charge in [-0.25, -0.2) is 0 Å². The van der Waals surface area contributed by atoms with E-state index in [1.54, 1.807) is 0 Å². The predicted molar refractivity (Wildman–Crippen MR) is 73.5 cm³/mol. The smallest absolute Gasteiger partial charge is 0.323 e. The van der Waals surface area contributed by atoms with Crippen molar-refractivity contribution in [2.75, 3.05) is 7.11 Å². The van der Waals surface area contributed by atoms with Crippen LogP contribution in [0, 0.1) is 5.92 Å². The molecule has 0 amide bonds. The molecule has 0 spiro atoms. The van der Waals surface area contributed by atoms with E-state index in [0.717, 1.165) is 6.54 Å². The van der Waals surface area contributed by atoms with Gasteiger partial charge in [0.1, 0.15) is 6.04 Å². The van der Waals surface area contributed by atoms with E-state index in [1.165, 1.54) is 38.4 Å². The highest BCUT2D eigenvalue weighted by Gasteiger charge is 2.45. The average molecular weight is 259 g/mol. The van der Waals surface area contributed by atoms with Gasteiger partial charge in [-0.15, -0.1) is 0 Å². The maximum Gasteiger partial charge on any atom is 0.323 e.